The van der Waals surface area contributed by atoms with Gasteiger partial charge in [-0.25, -0.2) is 14.8 Å². The third-order valence-corrected chi connectivity index (χ3v) is 9.41. The van der Waals surface area contributed by atoms with Crippen molar-refractivity contribution in [3.05, 3.63) is 147 Å². The number of rotatable bonds is 10. The van der Waals surface area contributed by atoms with Crippen LogP contribution >= 0.6 is 0 Å². The fraction of sp³-hybridized carbons (Fsp3) is 0.0952. The Bertz CT molecular complexity index is 2740. The molecule has 0 radical (unpaired) electrons. The number of nitrogens with one attached hydrogen (secondary N) is 2. The number of pyridine rings is 2. The van der Waals surface area contributed by atoms with Crippen LogP contribution < -0.4 is 16.1 Å². The Morgan fingerprint density at radius 3 is 1.91 bits per heavy atom. The van der Waals surface area contributed by atoms with Crippen LogP contribution in [0.15, 0.2) is 118 Å². The van der Waals surface area contributed by atoms with E-state index in [0.717, 1.165) is 10.8 Å². The fourth-order valence-electron chi connectivity index (χ4n) is 6.82. The minimum absolute atomic E-state index is 0.0244. The number of hydrogen-bond acceptors (Lipinski definition) is 10. The molecule has 0 amide bonds. The molecule has 6 N–H and O–H groups in total. The van der Waals surface area contributed by atoms with Crippen molar-refractivity contribution in [2.75, 3.05) is 10.6 Å². The molecule has 1 aliphatic heterocycles. The Morgan fingerprint density at radius 1 is 0.660 bits per heavy atom. The predicted molar refractivity (Wildman–Crippen MR) is 203 cm³/mol. The average Bonchev–Trinajstić information content (AvgIpc) is 3.18. The van der Waals surface area contributed by atoms with Gasteiger partial charge in [-0.15, -0.1) is 0 Å². The van der Waals surface area contributed by atoms with Crippen molar-refractivity contribution in [2.24, 2.45) is 0 Å². The second-order valence-electron chi connectivity index (χ2n) is 12.6. The summed E-state index contributed by atoms with van der Waals surface area (Å²) in [6.45, 7) is -0.353. The average molecular weight is 705 g/mol. The summed E-state index contributed by atoms with van der Waals surface area (Å²) in [5.74, 6) is -0.973. The number of aromatic hydroxyl groups is 1. The zero-order chi connectivity index (χ0) is 36.6. The molecular weight excluding hydrogens is 672 g/mol. The van der Waals surface area contributed by atoms with Gasteiger partial charge < -0.3 is 35.5 Å². The lowest BCUT2D eigenvalue weighted by molar-refractivity contribution is 0.0697. The van der Waals surface area contributed by atoms with Gasteiger partial charge in [0.25, 0.3) is 0 Å². The largest absolute Gasteiger partial charge is 0.507 e. The molecule has 0 bridgehead atoms. The standard InChI is InChI=1S/C42H32N4O7/c47-21-25-13-11-23-5-3-9-33(38(23)45-25)43-19-31-35(49)17-15-29-37(27-7-1-2-8-28(27)42(51)52)30-16-18-36(50)32(41(30)53-40(29)31)20-44-34-10-4-6-24-12-14-26(22-48)46-39(24)34/h1-18,43-44,47-49H,19-22H2,(H,51,52). The van der Waals surface area contributed by atoms with Crippen LogP contribution in [0.5, 0.6) is 5.75 Å². The maximum atomic E-state index is 13.7. The molecule has 2 aliphatic rings. The van der Waals surface area contributed by atoms with Crippen LogP contribution in [-0.4, -0.2) is 36.4 Å². The lowest BCUT2D eigenvalue weighted by atomic mass is 9.88. The van der Waals surface area contributed by atoms with Crippen molar-refractivity contribution < 1.29 is 29.6 Å². The number of aliphatic hydroxyl groups is 2. The number of para-hydroxylation sites is 2. The topological polar surface area (TPSA) is 178 Å². The molecule has 2 aromatic heterocycles. The first-order chi connectivity index (χ1) is 25.8. The number of benzene rings is 5. The normalized spacial score (nSPS) is 11.4. The molecule has 11 heteroatoms. The van der Waals surface area contributed by atoms with E-state index in [4.69, 9.17) is 4.42 Å². The SMILES string of the molecule is O=C(O)c1ccccc1-c1c2ccc(=O)c(CNc3cccc4ccc(CO)nc34)c-2oc2c(CNc3cccc4ccc(CO)nc34)c(O)ccc12. The minimum Gasteiger partial charge on any atom is -0.507 e. The summed E-state index contributed by atoms with van der Waals surface area (Å²) in [6.07, 6.45) is 0. The maximum Gasteiger partial charge on any atom is 0.336 e. The van der Waals surface area contributed by atoms with Crippen molar-refractivity contribution in [3.8, 4) is 28.2 Å². The highest BCUT2D eigenvalue weighted by molar-refractivity contribution is 6.08. The molecule has 1 aliphatic carbocycles. The summed E-state index contributed by atoms with van der Waals surface area (Å²) in [4.78, 5) is 35.4. The van der Waals surface area contributed by atoms with E-state index in [1.165, 1.54) is 18.2 Å². The summed E-state index contributed by atoms with van der Waals surface area (Å²) in [5.41, 5.74) is 5.68. The Kier molecular flexibility index (Phi) is 8.63. The summed E-state index contributed by atoms with van der Waals surface area (Å²) >= 11 is 0. The number of aromatic carboxylic acids is 1. The number of hydrogen-bond donors (Lipinski definition) is 6. The number of carboxylic acids is 1. The van der Waals surface area contributed by atoms with Gasteiger partial charge in [-0.2, -0.15) is 0 Å². The highest BCUT2D eigenvalue weighted by Crippen LogP contribution is 2.45. The van der Waals surface area contributed by atoms with Crippen molar-refractivity contribution in [2.45, 2.75) is 26.3 Å². The molecule has 0 saturated carbocycles. The van der Waals surface area contributed by atoms with Crippen molar-refractivity contribution in [3.63, 3.8) is 0 Å². The van der Waals surface area contributed by atoms with Crippen LogP contribution in [0.1, 0.15) is 32.9 Å². The summed E-state index contributed by atoms with van der Waals surface area (Å²) < 4.78 is 6.67. The number of phenolic OH excluding ortho intramolecular Hbond substituents is 1. The van der Waals surface area contributed by atoms with Crippen LogP contribution in [0.3, 0.4) is 0 Å². The molecular formula is C42H32N4O7. The first-order valence-electron chi connectivity index (χ1n) is 16.9. The number of fused-ring (bicyclic) bond motifs is 4. The van der Waals surface area contributed by atoms with E-state index in [2.05, 4.69) is 20.6 Å². The molecule has 53 heavy (non-hydrogen) atoms. The Labute approximate surface area is 301 Å². The molecule has 0 atom stereocenters. The molecule has 0 spiro atoms. The van der Waals surface area contributed by atoms with Crippen LogP contribution in [0.25, 0.3) is 55.2 Å². The van der Waals surface area contributed by atoms with Gasteiger partial charge in [-0.3, -0.25) is 4.79 Å². The van der Waals surface area contributed by atoms with Gasteiger partial charge in [0.05, 0.1) is 63.7 Å². The number of phenols is 1. The van der Waals surface area contributed by atoms with E-state index in [-0.39, 0.29) is 60.0 Å². The first kappa shape index (κ1) is 33.3. The van der Waals surface area contributed by atoms with Crippen molar-refractivity contribution in [1.82, 2.24) is 9.97 Å². The number of nitrogens with zero attached hydrogens (tertiary/aromatic N) is 2. The summed E-state index contributed by atoms with van der Waals surface area (Å²) in [7, 11) is 0. The van der Waals surface area contributed by atoms with E-state index in [9.17, 15) is 30.0 Å². The van der Waals surface area contributed by atoms with Crippen LogP contribution in [0.4, 0.5) is 11.4 Å². The number of carboxylic acid groups (broad SMARTS) is 1. The van der Waals surface area contributed by atoms with Crippen molar-refractivity contribution >= 4 is 50.1 Å². The quantitative estimate of drug-likeness (QED) is 0.0789. The zero-order valence-corrected chi connectivity index (χ0v) is 28.1. The lowest BCUT2D eigenvalue weighted by Crippen LogP contribution is -2.15. The second-order valence-corrected chi connectivity index (χ2v) is 12.6. The van der Waals surface area contributed by atoms with Gasteiger partial charge in [-0.1, -0.05) is 54.6 Å². The molecule has 6 aromatic rings. The predicted octanol–water partition coefficient (Wildman–Crippen LogP) is 7.27. The molecule has 262 valence electrons. The van der Waals surface area contributed by atoms with Gasteiger partial charge in [0.1, 0.15) is 17.1 Å². The molecule has 0 unspecified atom stereocenters. The first-order valence-corrected chi connectivity index (χ1v) is 16.9. The van der Waals surface area contributed by atoms with E-state index < -0.39 is 5.97 Å². The van der Waals surface area contributed by atoms with Gasteiger partial charge in [0, 0.05) is 40.4 Å². The Balaban J connectivity index is 1.32. The number of aromatic nitrogens is 2. The molecule has 3 heterocycles. The van der Waals surface area contributed by atoms with Crippen molar-refractivity contribution in [1.29, 1.82) is 0 Å². The summed E-state index contributed by atoms with van der Waals surface area (Å²) in [6, 6.07) is 31.4. The number of carbonyl (C=O) groups is 1. The lowest BCUT2D eigenvalue weighted by Gasteiger charge is -2.21. The van der Waals surface area contributed by atoms with Gasteiger partial charge >= 0.3 is 5.97 Å². The second kappa shape index (κ2) is 13.7. The summed E-state index contributed by atoms with van der Waals surface area (Å²) in [5, 5.41) is 50.0. The van der Waals surface area contributed by atoms with Gasteiger partial charge in [0.2, 0.25) is 0 Å². The third-order valence-electron chi connectivity index (χ3n) is 9.41. The highest BCUT2D eigenvalue weighted by atomic mass is 16.4. The van der Waals surface area contributed by atoms with Crippen LogP contribution in [0.2, 0.25) is 0 Å². The number of aliphatic hydroxyl groups excluding tert-OH is 2. The molecule has 11 nitrogen and oxygen atoms in total. The van der Waals surface area contributed by atoms with E-state index in [1.54, 1.807) is 42.5 Å². The van der Waals surface area contributed by atoms with E-state index in [1.807, 2.05) is 48.5 Å². The monoisotopic (exact) mass is 704 g/mol. The molecule has 0 saturated heterocycles. The Morgan fingerprint density at radius 2 is 1.28 bits per heavy atom. The van der Waals surface area contributed by atoms with Gasteiger partial charge in [-0.05, 0) is 60.2 Å². The van der Waals surface area contributed by atoms with Crippen LogP contribution in [0, 0.1) is 0 Å². The highest BCUT2D eigenvalue weighted by Gasteiger charge is 2.26. The maximum absolute atomic E-state index is 13.7. The zero-order valence-electron chi connectivity index (χ0n) is 28.1. The third kappa shape index (κ3) is 6.03. The molecule has 4 aromatic carbocycles. The van der Waals surface area contributed by atoms with Gasteiger partial charge in [0.15, 0.2) is 5.43 Å². The van der Waals surface area contributed by atoms with Crippen LogP contribution in [-0.2, 0) is 26.3 Å². The Hall–Kier alpha value is -6.82. The fourth-order valence-corrected chi connectivity index (χ4v) is 6.82. The van der Waals surface area contributed by atoms with E-state index >= 15 is 0 Å². The number of anilines is 2. The minimum atomic E-state index is -1.12. The smallest absolute Gasteiger partial charge is 0.336 e. The molecule has 8 rings (SSSR count). The molecule has 0 fully saturated rings. The van der Waals surface area contributed by atoms with E-state index in [0.29, 0.717) is 61.4 Å².